The zero-order chi connectivity index (χ0) is 61.5. The van der Waals surface area contributed by atoms with Crippen molar-refractivity contribution in [1.82, 2.24) is 0 Å². The van der Waals surface area contributed by atoms with Gasteiger partial charge < -0.3 is 24.3 Å². The minimum atomic E-state index is -0.184. The molecule has 0 N–H and O–H groups in total. The maximum Gasteiger partial charge on any atom is 0.256 e. The molecule has 4 aliphatic rings. The van der Waals surface area contributed by atoms with Gasteiger partial charge in [0.2, 0.25) is 6.71 Å². The van der Waals surface area contributed by atoms with Gasteiger partial charge in [-0.25, -0.2) is 0 Å². The smallest absolute Gasteiger partial charge is 0.256 e. The van der Waals surface area contributed by atoms with Gasteiger partial charge in [0.05, 0.1) is 11.4 Å². The van der Waals surface area contributed by atoms with Crippen LogP contribution in [0.15, 0.2) is 343 Å². The Hall–Kier alpha value is -11.4. The van der Waals surface area contributed by atoms with E-state index in [4.69, 9.17) is 4.74 Å². The van der Waals surface area contributed by atoms with E-state index in [1.165, 1.54) is 54.1 Å². The minimum Gasteiger partial charge on any atom is -0.458 e. The maximum atomic E-state index is 7.44. The summed E-state index contributed by atoms with van der Waals surface area (Å²) < 4.78 is 7.44. The standard InChI is InChI=1S/C85H58B2N4OS/c1-57-25-24-38-70(62-30-12-4-13-31-62)85(57)91-76-56-81-74(86-71-39-20-22-41-75(71)90(65-36-18-7-19-37-65)78-52-69(54-82(93-81)84(78)86)88(63-32-14-5-15-33-63)64-34-16-6-17-35-64)55-73(76)87-72-40-21-23-42-79(72)92-80-53-68(51-77(91)83(80)87)89(66-47-43-60(44-48-66)58-26-8-2-9-27-58)67-49-45-61(46-50-67)59-28-10-3-11-29-59/h2-56H,1H3. The van der Waals surface area contributed by atoms with Crippen molar-refractivity contribution in [1.29, 1.82) is 0 Å². The lowest BCUT2D eigenvalue weighted by atomic mass is 9.31. The van der Waals surface area contributed by atoms with Gasteiger partial charge in [-0.15, -0.1) is 0 Å². The van der Waals surface area contributed by atoms with E-state index in [1.807, 2.05) is 11.8 Å². The van der Waals surface area contributed by atoms with Crippen molar-refractivity contribution in [2.45, 2.75) is 16.7 Å². The third kappa shape index (κ3) is 9.19. The summed E-state index contributed by atoms with van der Waals surface area (Å²) in [7, 11) is 0. The number of hydrogen-bond acceptors (Lipinski definition) is 6. The van der Waals surface area contributed by atoms with Gasteiger partial charge in [-0.2, -0.15) is 0 Å². The molecule has 4 aliphatic heterocycles. The summed E-state index contributed by atoms with van der Waals surface area (Å²) in [6.45, 7) is 2.00. The highest BCUT2D eigenvalue weighted by Gasteiger charge is 2.47. The highest BCUT2D eigenvalue weighted by molar-refractivity contribution is 8.00. The molecule has 18 rings (SSSR count). The Labute approximate surface area is 547 Å². The third-order valence-corrected chi connectivity index (χ3v) is 20.2. The molecule has 4 heterocycles. The number of nitrogens with zero attached hydrogens (tertiary/aromatic N) is 4. The lowest BCUT2D eigenvalue weighted by Gasteiger charge is -2.44. The van der Waals surface area contributed by atoms with E-state index in [0.717, 1.165) is 107 Å². The number of hydrogen-bond donors (Lipinski definition) is 0. The van der Waals surface area contributed by atoms with Crippen molar-refractivity contribution < 1.29 is 4.74 Å². The first-order chi connectivity index (χ1) is 46.1. The fourth-order valence-electron chi connectivity index (χ4n) is 14.9. The van der Waals surface area contributed by atoms with Gasteiger partial charge in [0.15, 0.2) is 0 Å². The predicted molar refractivity (Wildman–Crippen MR) is 393 cm³/mol. The molecular weight excluding hydrogens is 1150 g/mol. The Morgan fingerprint density at radius 2 is 0.785 bits per heavy atom. The highest BCUT2D eigenvalue weighted by Crippen LogP contribution is 2.52. The molecule has 0 radical (unpaired) electrons. The van der Waals surface area contributed by atoms with Crippen LogP contribution in [-0.4, -0.2) is 13.4 Å². The molecular formula is C85H58B2N4OS. The Balaban J connectivity index is 0.899. The van der Waals surface area contributed by atoms with Gasteiger partial charge in [0.25, 0.3) is 6.71 Å². The minimum absolute atomic E-state index is 0.0936. The van der Waals surface area contributed by atoms with Gasteiger partial charge >= 0.3 is 0 Å². The summed E-state index contributed by atoms with van der Waals surface area (Å²) in [6.07, 6.45) is 0. The summed E-state index contributed by atoms with van der Waals surface area (Å²) >= 11 is 1.90. The van der Waals surface area contributed by atoms with Gasteiger partial charge in [0, 0.05) is 78.3 Å². The monoisotopic (exact) mass is 1200 g/mol. The normalized spacial score (nSPS) is 12.7. The van der Waals surface area contributed by atoms with Crippen molar-refractivity contribution in [3.05, 3.63) is 339 Å². The highest BCUT2D eigenvalue weighted by atomic mass is 32.2. The first-order valence-electron chi connectivity index (χ1n) is 32.0. The fourth-order valence-corrected chi connectivity index (χ4v) is 16.1. The Morgan fingerprint density at radius 3 is 1.40 bits per heavy atom. The number of rotatable bonds is 11. The molecule has 0 unspecified atom stereocenters. The zero-order valence-electron chi connectivity index (χ0n) is 51.0. The molecule has 0 bridgehead atoms. The van der Waals surface area contributed by atoms with E-state index < -0.39 is 0 Å². The molecule has 0 atom stereocenters. The van der Waals surface area contributed by atoms with Crippen LogP contribution in [0.2, 0.25) is 0 Å². The van der Waals surface area contributed by atoms with Crippen LogP contribution in [0.1, 0.15) is 5.56 Å². The van der Waals surface area contributed by atoms with E-state index in [2.05, 4.69) is 360 Å². The fraction of sp³-hybridized carbons (Fsp3) is 0.0118. The van der Waals surface area contributed by atoms with Crippen LogP contribution in [0, 0.1) is 6.92 Å². The Morgan fingerprint density at radius 1 is 0.301 bits per heavy atom. The summed E-state index contributed by atoms with van der Waals surface area (Å²) in [5.74, 6) is 1.69. The number of para-hydroxylation sites is 6. The summed E-state index contributed by atoms with van der Waals surface area (Å²) in [5.41, 5.74) is 28.6. The second kappa shape index (κ2) is 22.5. The van der Waals surface area contributed by atoms with E-state index >= 15 is 0 Å². The van der Waals surface area contributed by atoms with E-state index in [9.17, 15) is 0 Å². The molecule has 0 amide bonds. The van der Waals surface area contributed by atoms with E-state index in [-0.39, 0.29) is 13.4 Å². The van der Waals surface area contributed by atoms with Crippen molar-refractivity contribution in [2.75, 3.05) is 19.6 Å². The molecule has 0 saturated heterocycles. The number of anilines is 12. The molecule has 436 valence electrons. The molecule has 0 aromatic heterocycles. The number of fused-ring (bicyclic) bond motifs is 8. The van der Waals surface area contributed by atoms with Gasteiger partial charge in [-0.3, -0.25) is 0 Å². The first kappa shape index (κ1) is 54.5. The summed E-state index contributed by atoms with van der Waals surface area (Å²) in [5, 5.41) is 0. The van der Waals surface area contributed by atoms with Gasteiger partial charge in [0.1, 0.15) is 11.5 Å². The van der Waals surface area contributed by atoms with Crippen molar-refractivity contribution >= 4 is 126 Å². The summed E-state index contributed by atoms with van der Waals surface area (Å²) in [6, 6.07) is 122. The average Bonchev–Trinajstić information content (AvgIpc) is 0.697. The largest absolute Gasteiger partial charge is 0.458 e. The average molecular weight is 1210 g/mol. The molecule has 0 spiro atoms. The summed E-state index contributed by atoms with van der Waals surface area (Å²) in [4.78, 5) is 12.4. The maximum absolute atomic E-state index is 7.44. The second-order valence-electron chi connectivity index (χ2n) is 24.4. The number of benzene rings is 14. The molecule has 14 aromatic carbocycles. The Bertz CT molecular complexity index is 5060. The van der Waals surface area contributed by atoms with Crippen LogP contribution < -0.4 is 57.1 Å². The molecule has 93 heavy (non-hydrogen) atoms. The number of ether oxygens (including phenoxy) is 1. The van der Waals surface area contributed by atoms with Crippen LogP contribution in [-0.2, 0) is 0 Å². The van der Waals surface area contributed by atoms with Crippen molar-refractivity contribution in [2.24, 2.45) is 0 Å². The van der Waals surface area contributed by atoms with E-state index in [1.54, 1.807) is 0 Å². The van der Waals surface area contributed by atoms with Gasteiger partial charge in [-0.1, -0.05) is 248 Å². The molecule has 0 fully saturated rings. The quantitative estimate of drug-likeness (QED) is 0.120. The van der Waals surface area contributed by atoms with Gasteiger partial charge in [-0.05, 0) is 165 Å². The van der Waals surface area contributed by atoms with Crippen LogP contribution in [0.4, 0.5) is 68.2 Å². The lowest BCUT2D eigenvalue weighted by Crippen LogP contribution is -2.63. The van der Waals surface area contributed by atoms with E-state index in [0.29, 0.717) is 0 Å². The molecule has 5 nitrogen and oxygen atoms in total. The molecule has 0 aliphatic carbocycles. The first-order valence-corrected chi connectivity index (χ1v) is 32.8. The lowest BCUT2D eigenvalue weighted by molar-refractivity contribution is 0.487. The van der Waals surface area contributed by atoms with Crippen molar-refractivity contribution in [3.8, 4) is 44.9 Å². The molecule has 0 saturated carbocycles. The van der Waals surface area contributed by atoms with Crippen LogP contribution in [0.25, 0.3) is 33.4 Å². The SMILES string of the molecule is Cc1cccc(-c2ccccc2)c1N1c2cc3c(cc2B2c4ccccc4Oc4cc(N(c5ccc(-c6ccccc6)cc5)c5ccc(-c6ccccc6)cc5)cc1c42)B1c2ccccc2N(c2ccccc2)c2cc(N(c4ccccc4)c4ccccc4)cc(c21)S3. The van der Waals surface area contributed by atoms with Crippen LogP contribution in [0.5, 0.6) is 11.5 Å². The topological polar surface area (TPSA) is 22.2 Å². The second-order valence-corrected chi connectivity index (χ2v) is 25.5. The van der Waals surface area contributed by atoms with Crippen molar-refractivity contribution in [3.63, 3.8) is 0 Å². The third-order valence-electron chi connectivity index (χ3n) is 19.0. The van der Waals surface area contributed by atoms with Crippen LogP contribution >= 0.6 is 11.8 Å². The zero-order valence-corrected chi connectivity index (χ0v) is 51.8. The molecule has 14 aromatic rings. The predicted octanol–water partition coefficient (Wildman–Crippen LogP) is 19.1. The van der Waals surface area contributed by atoms with Crippen LogP contribution in [0.3, 0.4) is 0 Å². The molecule has 8 heteroatoms. The number of aryl methyl sites for hydroxylation is 1. The Kier molecular flexibility index (Phi) is 13.2.